The second-order valence-corrected chi connectivity index (χ2v) is 9.70. The summed E-state index contributed by atoms with van der Waals surface area (Å²) in [5.74, 6) is 0. The number of para-hydroxylation sites is 2. The van der Waals surface area contributed by atoms with Gasteiger partial charge in [-0.25, -0.2) is 0 Å². The first kappa shape index (κ1) is 22.2. The zero-order chi connectivity index (χ0) is 24.6. The lowest BCUT2D eigenvalue weighted by Gasteiger charge is -2.37. The van der Waals surface area contributed by atoms with Gasteiger partial charge in [0.05, 0.1) is 24.2 Å². The van der Waals surface area contributed by atoms with E-state index in [2.05, 4.69) is 88.3 Å². The minimum Gasteiger partial charge on any atom is -0.379 e. The topological polar surface area (TPSA) is 48.1 Å². The summed E-state index contributed by atoms with van der Waals surface area (Å²) in [6, 6.07) is 36.5. The second kappa shape index (κ2) is 9.47. The normalized spacial score (nSPS) is 16.4. The number of benzene rings is 4. The van der Waals surface area contributed by atoms with E-state index in [1.807, 2.05) is 29.1 Å². The van der Waals surface area contributed by atoms with Gasteiger partial charge in [0.2, 0.25) is 0 Å². The van der Waals surface area contributed by atoms with Crippen LogP contribution in [0.4, 0.5) is 0 Å². The quantitative estimate of drug-likeness (QED) is 0.287. The summed E-state index contributed by atoms with van der Waals surface area (Å²) in [7, 11) is 0. The first-order chi connectivity index (χ1) is 18.4. The molecule has 2 aromatic heterocycles. The lowest BCUT2D eigenvalue weighted by molar-refractivity contribution is 0.00946. The third kappa shape index (κ3) is 3.99. The summed E-state index contributed by atoms with van der Waals surface area (Å²) in [5, 5.41) is 12.5. The van der Waals surface area contributed by atoms with Crippen molar-refractivity contribution in [3.63, 3.8) is 0 Å². The number of ether oxygens (including phenoxy) is 1. The third-order valence-corrected chi connectivity index (χ3v) is 7.59. The SMILES string of the molecule is c1ccc([C@@H](C[C@@H](n2nc3ccccc3n2)n2c3ccccc3c3ccccc32)N2CCOCC2)cc1. The largest absolute Gasteiger partial charge is 0.379 e. The van der Waals surface area contributed by atoms with Crippen molar-refractivity contribution < 1.29 is 4.74 Å². The molecule has 1 aliphatic rings. The minimum atomic E-state index is -0.120. The number of nitrogens with zero attached hydrogens (tertiary/aromatic N) is 5. The van der Waals surface area contributed by atoms with Crippen molar-refractivity contribution >= 4 is 32.8 Å². The number of morpholine rings is 1. The molecule has 0 N–H and O–H groups in total. The summed E-state index contributed by atoms with van der Waals surface area (Å²) in [5.41, 5.74) is 5.53. The van der Waals surface area contributed by atoms with E-state index in [1.165, 1.54) is 27.4 Å². The Bertz CT molecular complexity index is 1580. The fraction of sp³-hybridized carbons (Fsp3) is 0.226. The van der Waals surface area contributed by atoms with Crippen LogP contribution in [0.1, 0.15) is 24.2 Å². The summed E-state index contributed by atoms with van der Waals surface area (Å²) >= 11 is 0. The predicted molar refractivity (Wildman–Crippen MR) is 148 cm³/mol. The van der Waals surface area contributed by atoms with Crippen LogP contribution < -0.4 is 0 Å². The van der Waals surface area contributed by atoms with Crippen LogP contribution in [-0.4, -0.2) is 50.8 Å². The Balaban J connectivity index is 1.45. The molecule has 0 unspecified atom stereocenters. The average molecular weight is 488 g/mol. The summed E-state index contributed by atoms with van der Waals surface area (Å²) in [6.07, 6.45) is 0.707. The highest BCUT2D eigenvalue weighted by Crippen LogP contribution is 2.37. The first-order valence-corrected chi connectivity index (χ1v) is 13.0. The fourth-order valence-corrected chi connectivity index (χ4v) is 5.85. The van der Waals surface area contributed by atoms with Crippen molar-refractivity contribution in [1.82, 2.24) is 24.5 Å². The molecule has 1 saturated heterocycles. The zero-order valence-corrected chi connectivity index (χ0v) is 20.6. The molecule has 184 valence electrons. The van der Waals surface area contributed by atoms with E-state index < -0.39 is 0 Å². The van der Waals surface area contributed by atoms with E-state index in [0.29, 0.717) is 0 Å². The van der Waals surface area contributed by atoms with Gasteiger partial charge in [0.25, 0.3) is 0 Å². The molecule has 6 nitrogen and oxygen atoms in total. The lowest BCUT2D eigenvalue weighted by Crippen LogP contribution is -2.40. The maximum Gasteiger partial charge on any atom is 0.149 e. The van der Waals surface area contributed by atoms with Crippen LogP contribution in [0, 0.1) is 0 Å². The Morgan fingerprint density at radius 3 is 1.81 bits per heavy atom. The monoisotopic (exact) mass is 487 g/mol. The van der Waals surface area contributed by atoms with Crippen molar-refractivity contribution in [2.75, 3.05) is 26.3 Å². The van der Waals surface area contributed by atoms with Gasteiger partial charge in [0.1, 0.15) is 17.2 Å². The van der Waals surface area contributed by atoms with Crippen LogP contribution in [0.5, 0.6) is 0 Å². The van der Waals surface area contributed by atoms with Gasteiger partial charge in [-0.05, 0) is 29.8 Å². The van der Waals surface area contributed by atoms with Crippen molar-refractivity contribution in [3.8, 4) is 0 Å². The number of aromatic nitrogens is 4. The van der Waals surface area contributed by atoms with E-state index in [1.54, 1.807) is 0 Å². The molecule has 0 spiro atoms. The lowest BCUT2D eigenvalue weighted by atomic mass is 9.99. The van der Waals surface area contributed by atoms with Crippen molar-refractivity contribution in [1.29, 1.82) is 0 Å². The standard InChI is InChI=1S/C31H29N5O/c1-2-10-23(11-3-1)30(34-18-20-37-21-19-34)22-31(36-32-26-14-6-7-15-27(26)33-36)35-28-16-8-4-12-24(28)25-13-5-9-17-29(25)35/h1-17,30-31H,18-22H2/t30-,31-/m1/s1. The van der Waals surface area contributed by atoms with Gasteiger partial charge in [0.15, 0.2) is 0 Å². The highest BCUT2D eigenvalue weighted by Gasteiger charge is 2.30. The minimum absolute atomic E-state index is 0.120. The van der Waals surface area contributed by atoms with E-state index in [9.17, 15) is 0 Å². The molecule has 4 aromatic carbocycles. The molecule has 37 heavy (non-hydrogen) atoms. The number of hydrogen-bond acceptors (Lipinski definition) is 4. The molecule has 0 radical (unpaired) electrons. The molecular formula is C31H29N5O. The van der Waals surface area contributed by atoms with E-state index >= 15 is 0 Å². The zero-order valence-electron chi connectivity index (χ0n) is 20.6. The van der Waals surface area contributed by atoms with E-state index in [-0.39, 0.29) is 12.2 Å². The van der Waals surface area contributed by atoms with Gasteiger partial charge in [-0.3, -0.25) is 4.90 Å². The molecular weight excluding hydrogens is 458 g/mol. The maximum atomic E-state index is 5.73. The Hall–Kier alpha value is -4.00. The molecule has 3 heterocycles. The maximum absolute atomic E-state index is 5.73. The molecule has 1 fully saturated rings. The van der Waals surface area contributed by atoms with E-state index in [0.717, 1.165) is 43.8 Å². The molecule has 0 aliphatic carbocycles. The van der Waals surface area contributed by atoms with Crippen LogP contribution in [-0.2, 0) is 4.74 Å². The van der Waals surface area contributed by atoms with Crippen LogP contribution in [0.2, 0.25) is 0 Å². The Labute approximate surface area is 215 Å². The fourth-order valence-electron chi connectivity index (χ4n) is 5.85. The Kier molecular flexibility index (Phi) is 5.68. The number of fused-ring (bicyclic) bond motifs is 4. The number of hydrogen-bond donors (Lipinski definition) is 0. The van der Waals surface area contributed by atoms with Crippen molar-refractivity contribution in [2.24, 2.45) is 0 Å². The predicted octanol–water partition coefficient (Wildman–Crippen LogP) is 6.05. The first-order valence-electron chi connectivity index (χ1n) is 13.0. The van der Waals surface area contributed by atoms with Gasteiger partial charge >= 0.3 is 0 Å². The molecule has 7 rings (SSSR count). The Morgan fingerprint density at radius 2 is 1.19 bits per heavy atom. The molecule has 0 saturated carbocycles. The van der Waals surface area contributed by atoms with E-state index in [4.69, 9.17) is 14.9 Å². The molecule has 2 atom stereocenters. The Morgan fingerprint density at radius 1 is 0.649 bits per heavy atom. The summed E-state index contributed by atoms with van der Waals surface area (Å²) in [6.45, 7) is 3.34. The van der Waals surface area contributed by atoms with Crippen LogP contribution >= 0.6 is 0 Å². The molecule has 6 heteroatoms. The molecule has 6 aromatic rings. The smallest absolute Gasteiger partial charge is 0.149 e. The highest BCUT2D eigenvalue weighted by molar-refractivity contribution is 6.08. The summed E-state index contributed by atoms with van der Waals surface area (Å²) < 4.78 is 8.17. The van der Waals surface area contributed by atoms with Gasteiger partial charge in [0, 0.05) is 36.3 Å². The van der Waals surface area contributed by atoms with Crippen LogP contribution in [0.15, 0.2) is 103 Å². The van der Waals surface area contributed by atoms with Crippen LogP contribution in [0.25, 0.3) is 32.8 Å². The molecule has 1 aliphatic heterocycles. The van der Waals surface area contributed by atoms with Gasteiger partial charge in [-0.1, -0.05) is 78.9 Å². The average Bonchev–Trinajstić information content (AvgIpc) is 3.54. The number of rotatable bonds is 6. The van der Waals surface area contributed by atoms with Crippen LogP contribution in [0.3, 0.4) is 0 Å². The van der Waals surface area contributed by atoms with Gasteiger partial charge < -0.3 is 9.30 Å². The van der Waals surface area contributed by atoms with Crippen molar-refractivity contribution in [2.45, 2.75) is 18.6 Å². The summed E-state index contributed by atoms with van der Waals surface area (Å²) in [4.78, 5) is 4.50. The molecule has 0 bridgehead atoms. The van der Waals surface area contributed by atoms with Gasteiger partial charge in [-0.2, -0.15) is 15.0 Å². The second-order valence-electron chi connectivity index (χ2n) is 9.70. The third-order valence-electron chi connectivity index (χ3n) is 7.59. The highest BCUT2D eigenvalue weighted by atomic mass is 16.5. The molecule has 0 amide bonds. The van der Waals surface area contributed by atoms with Gasteiger partial charge in [-0.15, -0.1) is 0 Å². The van der Waals surface area contributed by atoms with Crippen molar-refractivity contribution in [3.05, 3.63) is 109 Å².